The maximum atomic E-state index is 12.7. The van der Waals surface area contributed by atoms with Gasteiger partial charge in [-0.05, 0) is 25.0 Å². The van der Waals surface area contributed by atoms with Crippen molar-refractivity contribution in [2.24, 2.45) is 0 Å². The summed E-state index contributed by atoms with van der Waals surface area (Å²) in [7, 11) is 0. The van der Waals surface area contributed by atoms with Gasteiger partial charge in [-0.1, -0.05) is 19.1 Å². The van der Waals surface area contributed by atoms with Crippen LogP contribution >= 0.6 is 0 Å². The predicted octanol–water partition coefficient (Wildman–Crippen LogP) is 1.28. The molecule has 0 amide bonds. The van der Waals surface area contributed by atoms with Crippen LogP contribution in [0.5, 0.6) is 11.8 Å². The molecular formula is C18H20N4O5. The van der Waals surface area contributed by atoms with Crippen LogP contribution in [0.25, 0.3) is 11.2 Å². The number of rotatable bonds is 8. The zero-order valence-corrected chi connectivity index (χ0v) is 14.8. The van der Waals surface area contributed by atoms with E-state index in [0.29, 0.717) is 37.0 Å². The number of fused-ring (bicyclic) bond motifs is 1. The van der Waals surface area contributed by atoms with Crippen LogP contribution in [-0.4, -0.2) is 37.1 Å². The SMILES string of the molecule is CCCn1c(=O)n(CCCO)c(=O)c2[nH]c(Oc3cccc(C=O)c3)nc21. The van der Waals surface area contributed by atoms with Crippen LogP contribution in [0.2, 0.25) is 0 Å². The van der Waals surface area contributed by atoms with Crippen LogP contribution in [-0.2, 0) is 13.1 Å². The molecule has 2 aromatic heterocycles. The number of hydrogen-bond acceptors (Lipinski definition) is 6. The topological polar surface area (TPSA) is 119 Å². The lowest BCUT2D eigenvalue weighted by Gasteiger charge is -2.09. The number of carbonyl (C=O) groups is 1. The second-order valence-corrected chi connectivity index (χ2v) is 6.00. The van der Waals surface area contributed by atoms with Crippen molar-refractivity contribution in [3.05, 3.63) is 50.7 Å². The molecule has 27 heavy (non-hydrogen) atoms. The zero-order valence-electron chi connectivity index (χ0n) is 14.8. The van der Waals surface area contributed by atoms with Crippen LogP contribution in [0, 0.1) is 0 Å². The summed E-state index contributed by atoms with van der Waals surface area (Å²) in [6.45, 7) is 2.29. The molecule has 0 bridgehead atoms. The number of aldehydes is 1. The smallest absolute Gasteiger partial charge is 0.332 e. The largest absolute Gasteiger partial charge is 0.426 e. The number of aromatic nitrogens is 4. The van der Waals surface area contributed by atoms with Gasteiger partial charge in [0.2, 0.25) is 0 Å². The second kappa shape index (κ2) is 8.00. The molecule has 0 unspecified atom stereocenters. The Morgan fingerprint density at radius 1 is 1.26 bits per heavy atom. The summed E-state index contributed by atoms with van der Waals surface area (Å²) in [5.74, 6) is 0.378. The molecule has 3 rings (SSSR count). The normalized spacial score (nSPS) is 11.0. The van der Waals surface area contributed by atoms with E-state index < -0.39 is 11.2 Å². The van der Waals surface area contributed by atoms with Crippen molar-refractivity contribution in [1.29, 1.82) is 0 Å². The maximum Gasteiger partial charge on any atom is 0.332 e. The molecule has 0 aliphatic heterocycles. The van der Waals surface area contributed by atoms with Crippen molar-refractivity contribution in [1.82, 2.24) is 19.1 Å². The van der Waals surface area contributed by atoms with Crippen LogP contribution in [0.4, 0.5) is 0 Å². The number of benzene rings is 1. The van der Waals surface area contributed by atoms with E-state index in [1.165, 1.54) is 4.57 Å². The average molecular weight is 372 g/mol. The lowest BCUT2D eigenvalue weighted by atomic mass is 10.2. The first-order valence-electron chi connectivity index (χ1n) is 8.66. The third-order valence-corrected chi connectivity index (χ3v) is 4.04. The van der Waals surface area contributed by atoms with Crippen molar-refractivity contribution < 1.29 is 14.6 Å². The molecule has 0 spiro atoms. The van der Waals surface area contributed by atoms with E-state index in [2.05, 4.69) is 9.97 Å². The van der Waals surface area contributed by atoms with Crippen molar-refractivity contribution >= 4 is 17.5 Å². The monoisotopic (exact) mass is 372 g/mol. The molecule has 0 aliphatic rings. The molecule has 0 atom stereocenters. The fraction of sp³-hybridized carbons (Fsp3) is 0.333. The van der Waals surface area contributed by atoms with Gasteiger partial charge in [0.1, 0.15) is 12.0 Å². The quantitative estimate of drug-likeness (QED) is 0.575. The molecule has 0 aliphatic carbocycles. The van der Waals surface area contributed by atoms with Crippen LogP contribution in [0.15, 0.2) is 33.9 Å². The third-order valence-electron chi connectivity index (χ3n) is 4.04. The second-order valence-electron chi connectivity index (χ2n) is 6.00. The zero-order chi connectivity index (χ0) is 19.4. The van der Waals surface area contributed by atoms with Gasteiger partial charge < -0.3 is 14.8 Å². The molecular weight excluding hydrogens is 352 g/mol. The van der Waals surface area contributed by atoms with E-state index in [4.69, 9.17) is 9.84 Å². The van der Waals surface area contributed by atoms with Gasteiger partial charge in [0.05, 0.1) is 0 Å². The summed E-state index contributed by atoms with van der Waals surface area (Å²) in [5.41, 5.74) is -0.169. The van der Waals surface area contributed by atoms with Gasteiger partial charge in [-0.25, -0.2) is 4.79 Å². The Kier molecular flexibility index (Phi) is 5.51. The lowest BCUT2D eigenvalue weighted by Crippen LogP contribution is -2.40. The number of aryl methyl sites for hydroxylation is 1. The fourth-order valence-electron chi connectivity index (χ4n) is 2.81. The first-order chi connectivity index (χ1) is 13.1. The summed E-state index contributed by atoms with van der Waals surface area (Å²) >= 11 is 0. The first-order valence-corrected chi connectivity index (χ1v) is 8.66. The fourth-order valence-corrected chi connectivity index (χ4v) is 2.81. The molecule has 9 nitrogen and oxygen atoms in total. The Bertz CT molecular complexity index is 1080. The molecule has 0 saturated carbocycles. The van der Waals surface area contributed by atoms with Crippen LogP contribution in [0.3, 0.4) is 0 Å². The first kappa shape index (κ1) is 18.6. The minimum Gasteiger partial charge on any atom is -0.426 e. The molecule has 3 aromatic rings. The van der Waals surface area contributed by atoms with Gasteiger partial charge in [0, 0.05) is 25.3 Å². The highest BCUT2D eigenvalue weighted by Crippen LogP contribution is 2.21. The molecule has 0 fully saturated rings. The standard InChI is InChI=1S/C18H20N4O5/c1-2-7-21-15-14(16(25)22(18(21)26)8-4-9-23)19-17(20-15)27-13-6-3-5-12(10-13)11-24/h3,5-6,10-11,23H,2,4,7-9H2,1H3,(H,19,20). The number of imidazole rings is 1. The van der Waals surface area contributed by atoms with Gasteiger partial charge in [-0.15, -0.1) is 0 Å². The van der Waals surface area contributed by atoms with Crippen LogP contribution in [0.1, 0.15) is 30.1 Å². The number of ether oxygens (including phenoxy) is 1. The number of aliphatic hydroxyl groups is 1. The van der Waals surface area contributed by atoms with Crippen molar-refractivity contribution in [3.8, 4) is 11.8 Å². The van der Waals surface area contributed by atoms with E-state index in [1.54, 1.807) is 24.3 Å². The highest BCUT2D eigenvalue weighted by atomic mass is 16.5. The molecule has 2 heterocycles. The van der Waals surface area contributed by atoms with E-state index in [9.17, 15) is 14.4 Å². The number of carbonyl (C=O) groups excluding carboxylic acids is 1. The average Bonchev–Trinajstić information content (AvgIpc) is 3.09. The molecule has 142 valence electrons. The summed E-state index contributed by atoms with van der Waals surface area (Å²) in [6.07, 6.45) is 1.67. The highest BCUT2D eigenvalue weighted by molar-refractivity contribution is 5.75. The Balaban J connectivity index is 2.10. The highest BCUT2D eigenvalue weighted by Gasteiger charge is 2.17. The number of nitrogens with one attached hydrogen (secondary N) is 1. The number of H-pyrrole nitrogens is 1. The molecule has 0 saturated heterocycles. The van der Waals surface area contributed by atoms with E-state index in [1.807, 2.05) is 6.92 Å². The summed E-state index contributed by atoms with van der Waals surface area (Å²) < 4.78 is 8.13. The van der Waals surface area contributed by atoms with Crippen molar-refractivity contribution in [2.45, 2.75) is 32.9 Å². The number of nitrogens with zero attached hydrogens (tertiary/aromatic N) is 3. The maximum absolute atomic E-state index is 12.7. The van der Waals surface area contributed by atoms with E-state index >= 15 is 0 Å². The minimum absolute atomic E-state index is 0.0503. The van der Waals surface area contributed by atoms with Crippen molar-refractivity contribution in [2.75, 3.05) is 6.61 Å². The number of aromatic amines is 1. The Morgan fingerprint density at radius 3 is 2.78 bits per heavy atom. The van der Waals surface area contributed by atoms with Gasteiger partial charge in [-0.2, -0.15) is 4.98 Å². The van der Waals surface area contributed by atoms with Crippen molar-refractivity contribution in [3.63, 3.8) is 0 Å². The van der Waals surface area contributed by atoms with Gasteiger partial charge in [-0.3, -0.25) is 18.7 Å². The summed E-state index contributed by atoms with van der Waals surface area (Å²) in [6, 6.07) is 6.54. The third kappa shape index (κ3) is 3.68. The lowest BCUT2D eigenvalue weighted by molar-refractivity contribution is 0.112. The molecule has 0 radical (unpaired) electrons. The Morgan fingerprint density at radius 2 is 2.07 bits per heavy atom. The van der Waals surface area contributed by atoms with E-state index in [-0.39, 0.29) is 30.3 Å². The van der Waals surface area contributed by atoms with Gasteiger partial charge >= 0.3 is 11.7 Å². The summed E-state index contributed by atoms with van der Waals surface area (Å²) in [5, 5.41) is 9.02. The number of hydrogen-bond donors (Lipinski definition) is 2. The van der Waals surface area contributed by atoms with E-state index in [0.717, 1.165) is 4.57 Å². The van der Waals surface area contributed by atoms with Gasteiger partial charge in [0.15, 0.2) is 11.2 Å². The van der Waals surface area contributed by atoms with Crippen LogP contribution < -0.4 is 16.0 Å². The molecule has 2 N–H and O–H groups in total. The summed E-state index contributed by atoms with van der Waals surface area (Å²) in [4.78, 5) is 43.3. The molecule has 1 aromatic carbocycles. The minimum atomic E-state index is -0.514. The Hall–Kier alpha value is -3.20. The molecule has 9 heteroatoms. The van der Waals surface area contributed by atoms with Gasteiger partial charge in [0.25, 0.3) is 5.56 Å². The number of aliphatic hydroxyl groups excluding tert-OH is 1. The predicted molar refractivity (Wildman–Crippen MR) is 98.5 cm³/mol. The Labute approximate surface area is 153 Å².